The number of ether oxygens (including phenoxy) is 1. The minimum absolute atomic E-state index is 0.114. The Hall–Kier alpha value is -3.39. The van der Waals surface area contributed by atoms with E-state index in [4.69, 9.17) is 4.74 Å². The molecule has 1 atom stereocenters. The average Bonchev–Trinajstić information content (AvgIpc) is 2.79. The molecule has 0 spiro atoms. The van der Waals surface area contributed by atoms with Gasteiger partial charge in [-0.2, -0.15) is 5.10 Å². The summed E-state index contributed by atoms with van der Waals surface area (Å²) in [5.74, 6) is 1.54. The Labute approximate surface area is 195 Å². The number of carbonyl (C=O) groups excluding carboxylic acids is 2. The van der Waals surface area contributed by atoms with Gasteiger partial charge < -0.3 is 25.1 Å². The molecule has 1 fully saturated rings. The number of ketones is 1. The van der Waals surface area contributed by atoms with Gasteiger partial charge in [0, 0.05) is 24.3 Å². The van der Waals surface area contributed by atoms with Crippen LogP contribution in [0, 0.1) is 0 Å². The fraction of sp³-hybridized carbons (Fsp3) is 0.400. The highest BCUT2D eigenvalue weighted by Gasteiger charge is 2.36. The number of amides is 1. The topological polar surface area (TPSA) is 95.1 Å². The van der Waals surface area contributed by atoms with Gasteiger partial charge in [-0.1, -0.05) is 44.2 Å². The zero-order valence-corrected chi connectivity index (χ0v) is 19.9. The second-order valence-electron chi connectivity index (χ2n) is 7.98. The predicted octanol–water partition coefficient (Wildman–Crippen LogP) is 3.39. The van der Waals surface area contributed by atoms with Crippen molar-refractivity contribution in [3.63, 3.8) is 0 Å². The third-order valence-electron chi connectivity index (χ3n) is 5.28. The number of Topliss-reactive ketones (excluding diaryl/α,β-unsaturated/α-hetero) is 1. The second-order valence-corrected chi connectivity index (χ2v) is 7.98. The van der Waals surface area contributed by atoms with Gasteiger partial charge in [-0.15, -0.1) is 0 Å². The van der Waals surface area contributed by atoms with Gasteiger partial charge in [0.25, 0.3) is 5.91 Å². The summed E-state index contributed by atoms with van der Waals surface area (Å²) >= 11 is 0. The molecule has 3 aliphatic heterocycles. The number of nitrogens with zero attached hydrogens (tertiary/aromatic N) is 2. The van der Waals surface area contributed by atoms with Gasteiger partial charge in [0.2, 0.25) is 0 Å². The average molecular weight is 452 g/mol. The molecule has 33 heavy (non-hydrogen) atoms. The number of carbonyl (C=O) groups is 2. The summed E-state index contributed by atoms with van der Waals surface area (Å²) in [5, 5.41) is 11.1. The van der Waals surface area contributed by atoms with Gasteiger partial charge in [-0.3, -0.25) is 4.79 Å². The molecule has 2 aromatic carbocycles. The smallest absolute Gasteiger partial charge is 0.262 e. The number of hydrogen-bond donors (Lipinski definition) is 3. The number of hydrazone groups is 1. The maximum absolute atomic E-state index is 12.1. The number of hydrogen-bond acceptors (Lipinski definition) is 7. The maximum atomic E-state index is 12.1. The molecule has 3 N–H and O–H groups in total. The van der Waals surface area contributed by atoms with Crippen LogP contribution < -0.4 is 25.7 Å². The van der Waals surface area contributed by atoms with Crippen molar-refractivity contribution in [3.8, 4) is 16.9 Å². The standard InChI is InChI=1S/C20H21N5O2.C3H6O.C2H6/c1-12-20(26)24-23-19-11-27-18-7-15(13-5-3-2-4-6-13)16(8-17(18)25(12)19)22-14-9-21-10-14;1-3(2)4;1-2/h2-8,12,14,21-22H,9-11H2,1H3,(H,24,26);1-2H3;1-2H3. The maximum Gasteiger partial charge on any atom is 0.262 e. The van der Waals surface area contributed by atoms with E-state index in [2.05, 4.69) is 45.4 Å². The minimum Gasteiger partial charge on any atom is -0.483 e. The van der Waals surface area contributed by atoms with E-state index in [1.165, 1.54) is 13.8 Å². The highest BCUT2D eigenvalue weighted by atomic mass is 16.5. The summed E-state index contributed by atoms with van der Waals surface area (Å²) in [4.78, 5) is 23.6. The number of rotatable bonds is 3. The van der Waals surface area contributed by atoms with Crippen molar-refractivity contribution < 1.29 is 14.3 Å². The first-order valence-corrected chi connectivity index (χ1v) is 11.4. The van der Waals surface area contributed by atoms with Crippen LogP contribution in [-0.4, -0.2) is 49.3 Å². The number of nitrogens with one attached hydrogen (secondary N) is 3. The third-order valence-corrected chi connectivity index (χ3v) is 5.28. The number of benzene rings is 2. The Balaban J connectivity index is 0.000000464. The molecule has 2 aromatic rings. The lowest BCUT2D eigenvalue weighted by Crippen LogP contribution is -2.55. The van der Waals surface area contributed by atoms with Crippen LogP contribution in [0.15, 0.2) is 47.6 Å². The van der Waals surface area contributed by atoms with Gasteiger partial charge in [-0.05, 0) is 38.5 Å². The Kier molecular flexibility index (Phi) is 8.06. The lowest BCUT2D eigenvalue weighted by atomic mass is 9.99. The van der Waals surface area contributed by atoms with Crippen LogP contribution >= 0.6 is 0 Å². The van der Waals surface area contributed by atoms with E-state index >= 15 is 0 Å². The molecule has 5 rings (SSSR count). The Morgan fingerprint density at radius 2 is 1.82 bits per heavy atom. The largest absolute Gasteiger partial charge is 0.483 e. The lowest BCUT2D eigenvalue weighted by molar-refractivity contribution is -0.122. The zero-order chi connectivity index (χ0) is 24.0. The summed E-state index contributed by atoms with van der Waals surface area (Å²) in [6.45, 7) is 11.2. The quantitative estimate of drug-likeness (QED) is 0.662. The molecule has 0 radical (unpaired) electrons. The molecule has 0 bridgehead atoms. The van der Waals surface area contributed by atoms with Gasteiger partial charge in [0.1, 0.15) is 24.2 Å². The van der Waals surface area contributed by atoms with E-state index in [1.54, 1.807) is 0 Å². The van der Waals surface area contributed by atoms with E-state index in [-0.39, 0.29) is 17.7 Å². The van der Waals surface area contributed by atoms with Crippen molar-refractivity contribution in [2.45, 2.75) is 46.7 Å². The van der Waals surface area contributed by atoms with Crippen molar-refractivity contribution in [2.24, 2.45) is 5.10 Å². The Morgan fingerprint density at radius 3 is 2.42 bits per heavy atom. The number of fused-ring (bicyclic) bond motifs is 3. The fourth-order valence-electron chi connectivity index (χ4n) is 3.66. The van der Waals surface area contributed by atoms with Gasteiger partial charge in [-0.25, -0.2) is 5.43 Å². The molecule has 3 heterocycles. The van der Waals surface area contributed by atoms with Gasteiger partial charge in [0.05, 0.1) is 11.7 Å². The van der Waals surface area contributed by atoms with E-state index in [0.29, 0.717) is 12.6 Å². The lowest BCUT2D eigenvalue weighted by Gasteiger charge is -2.39. The van der Waals surface area contributed by atoms with E-state index < -0.39 is 0 Å². The highest BCUT2D eigenvalue weighted by Crippen LogP contribution is 2.42. The van der Waals surface area contributed by atoms with Crippen LogP contribution in [0.1, 0.15) is 34.6 Å². The van der Waals surface area contributed by atoms with Crippen molar-refractivity contribution in [3.05, 3.63) is 42.5 Å². The molecule has 1 amide bonds. The van der Waals surface area contributed by atoms with Crippen molar-refractivity contribution >= 4 is 28.9 Å². The number of amidine groups is 1. The molecule has 1 saturated heterocycles. The van der Waals surface area contributed by atoms with E-state index in [9.17, 15) is 9.59 Å². The zero-order valence-electron chi connectivity index (χ0n) is 19.9. The first-order chi connectivity index (χ1) is 15.9. The summed E-state index contributed by atoms with van der Waals surface area (Å²) in [6, 6.07) is 14.5. The molecule has 8 heteroatoms. The normalized spacial score (nSPS) is 18.3. The molecule has 0 aliphatic carbocycles. The van der Waals surface area contributed by atoms with Crippen molar-refractivity contribution in [1.29, 1.82) is 0 Å². The summed E-state index contributed by atoms with van der Waals surface area (Å²) in [6.07, 6.45) is 0. The minimum atomic E-state index is -0.332. The van der Waals surface area contributed by atoms with Crippen molar-refractivity contribution in [1.82, 2.24) is 10.7 Å². The highest BCUT2D eigenvalue weighted by molar-refractivity contribution is 6.10. The molecule has 176 valence electrons. The molecule has 3 aliphatic rings. The molecular formula is C25H33N5O3. The van der Waals surface area contributed by atoms with Crippen molar-refractivity contribution in [2.75, 3.05) is 29.9 Å². The SMILES string of the molecule is CC.CC(C)=O.CC1C(=O)NN=C2COc3cc(-c4ccccc4)c(NC4CNC4)cc3N21. The predicted molar refractivity (Wildman–Crippen MR) is 133 cm³/mol. The first kappa shape index (κ1) is 24.3. The van der Waals surface area contributed by atoms with Gasteiger partial charge >= 0.3 is 0 Å². The van der Waals surface area contributed by atoms with Crippen LogP contribution in [0.4, 0.5) is 11.4 Å². The molecule has 8 nitrogen and oxygen atoms in total. The summed E-state index contributed by atoms with van der Waals surface area (Å²) in [5.41, 5.74) is 6.70. The first-order valence-electron chi connectivity index (χ1n) is 11.4. The molecule has 0 saturated carbocycles. The molecule has 0 aromatic heterocycles. The Morgan fingerprint density at radius 1 is 1.15 bits per heavy atom. The summed E-state index contributed by atoms with van der Waals surface area (Å²) in [7, 11) is 0. The number of anilines is 2. The van der Waals surface area contributed by atoms with Crippen LogP contribution in [0.3, 0.4) is 0 Å². The fourth-order valence-corrected chi connectivity index (χ4v) is 3.66. The monoisotopic (exact) mass is 451 g/mol. The molecule has 1 unspecified atom stereocenters. The van der Waals surface area contributed by atoms with E-state index in [1.807, 2.05) is 43.9 Å². The van der Waals surface area contributed by atoms with Crippen LogP contribution in [0.2, 0.25) is 0 Å². The van der Waals surface area contributed by atoms with Gasteiger partial charge in [0.15, 0.2) is 5.84 Å². The second kappa shape index (κ2) is 11.0. The van der Waals surface area contributed by atoms with E-state index in [0.717, 1.165) is 47.2 Å². The molecular weight excluding hydrogens is 418 g/mol. The van der Waals surface area contributed by atoms with Crippen LogP contribution in [0.5, 0.6) is 5.75 Å². The van der Waals surface area contributed by atoms with Crippen LogP contribution in [0.25, 0.3) is 11.1 Å². The Bertz CT molecular complexity index is 1010. The van der Waals surface area contributed by atoms with Crippen LogP contribution in [-0.2, 0) is 9.59 Å². The third kappa shape index (κ3) is 5.51. The summed E-state index contributed by atoms with van der Waals surface area (Å²) < 4.78 is 5.98.